The number of hydrogen-bond acceptors (Lipinski definition) is 2. The maximum atomic E-state index is 12.1. The zero-order chi connectivity index (χ0) is 17.8. The third-order valence-corrected chi connectivity index (χ3v) is 4.64. The fraction of sp³-hybridized carbons (Fsp3) is 0.300. The molecule has 130 valence electrons. The fourth-order valence-corrected chi connectivity index (χ4v) is 2.95. The molecule has 1 saturated carbocycles. The molecule has 2 N–H and O–H groups in total. The van der Waals surface area contributed by atoms with E-state index in [0.29, 0.717) is 24.1 Å². The van der Waals surface area contributed by atoms with Crippen LogP contribution < -0.4 is 15.5 Å². The minimum Gasteiger partial charge on any atom is -0.338 e. The van der Waals surface area contributed by atoms with Crippen molar-refractivity contribution in [1.82, 2.24) is 5.32 Å². The third-order valence-electron chi connectivity index (χ3n) is 4.64. The van der Waals surface area contributed by atoms with Crippen LogP contribution in [0.4, 0.5) is 16.2 Å². The molecule has 0 heterocycles. The first-order valence-electron chi connectivity index (χ1n) is 8.49. The molecule has 5 heteroatoms. The Labute approximate surface area is 148 Å². The van der Waals surface area contributed by atoms with Gasteiger partial charge in [0.15, 0.2) is 0 Å². The van der Waals surface area contributed by atoms with Crippen LogP contribution in [0.5, 0.6) is 0 Å². The lowest BCUT2D eigenvalue weighted by Gasteiger charge is -2.16. The van der Waals surface area contributed by atoms with Gasteiger partial charge in [0.2, 0.25) is 5.91 Å². The molecule has 0 bridgehead atoms. The molecule has 0 radical (unpaired) electrons. The number of benzene rings is 2. The monoisotopic (exact) mass is 337 g/mol. The minimum absolute atomic E-state index is 0.0534. The zero-order valence-corrected chi connectivity index (χ0v) is 14.5. The molecule has 0 saturated heterocycles. The third kappa shape index (κ3) is 4.38. The average Bonchev–Trinajstić information content (AvgIpc) is 3.40. The summed E-state index contributed by atoms with van der Waals surface area (Å²) in [5, 5.41) is 5.76. The normalized spacial score (nSPS) is 18.3. The topological polar surface area (TPSA) is 61.4 Å². The summed E-state index contributed by atoms with van der Waals surface area (Å²) in [6.45, 7) is 2.17. The SMILES string of the molecule is CC(=O)N(C)c1cccc(NC(=O)NC[C@@H]2C[C@H]2c2ccccc2)c1. The van der Waals surface area contributed by atoms with Gasteiger partial charge in [-0.15, -0.1) is 0 Å². The molecular weight excluding hydrogens is 314 g/mol. The average molecular weight is 337 g/mol. The van der Waals surface area contributed by atoms with Crippen LogP contribution in [0.2, 0.25) is 0 Å². The number of amides is 3. The van der Waals surface area contributed by atoms with Gasteiger partial charge in [0.25, 0.3) is 0 Å². The summed E-state index contributed by atoms with van der Waals surface area (Å²) >= 11 is 0. The van der Waals surface area contributed by atoms with Crippen molar-refractivity contribution < 1.29 is 9.59 Å². The molecule has 3 amide bonds. The molecular formula is C20H23N3O2. The van der Waals surface area contributed by atoms with E-state index < -0.39 is 0 Å². The Hall–Kier alpha value is -2.82. The van der Waals surface area contributed by atoms with Gasteiger partial charge in [0.1, 0.15) is 0 Å². The number of rotatable bonds is 5. The van der Waals surface area contributed by atoms with Gasteiger partial charge in [-0.05, 0) is 42.0 Å². The largest absolute Gasteiger partial charge is 0.338 e. The van der Waals surface area contributed by atoms with E-state index in [1.54, 1.807) is 19.2 Å². The molecule has 1 fully saturated rings. The van der Waals surface area contributed by atoms with Crippen molar-refractivity contribution in [1.29, 1.82) is 0 Å². The Kier molecular flexibility index (Phi) is 5.03. The first kappa shape index (κ1) is 17.0. The maximum absolute atomic E-state index is 12.1. The van der Waals surface area contributed by atoms with Crippen LogP contribution in [0.15, 0.2) is 54.6 Å². The van der Waals surface area contributed by atoms with E-state index in [0.717, 1.165) is 12.1 Å². The molecule has 1 aliphatic rings. The van der Waals surface area contributed by atoms with Crippen molar-refractivity contribution in [3.05, 3.63) is 60.2 Å². The lowest BCUT2D eigenvalue weighted by atomic mass is 10.1. The van der Waals surface area contributed by atoms with Crippen molar-refractivity contribution in [3.63, 3.8) is 0 Å². The molecule has 0 aromatic heterocycles. The van der Waals surface area contributed by atoms with Crippen LogP contribution in [0.3, 0.4) is 0 Å². The van der Waals surface area contributed by atoms with Gasteiger partial charge in [-0.3, -0.25) is 4.79 Å². The highest BCUT2D eigenvalue weighted by molar-refractivity contribution is 5.93. The van der Waals surface area contributed by atoms with Gasteiger partial charge in [-0.25, -0.2) is 4.79 Å². The zero-order valence-electron chi connectivity index (χ0n) is 14.5. The van der Waals surface area contributed by atoms with Crippen LogP contribution in [-0.4, -0.2) is 25.5 Å². The fourth-order valence-electron chi connectivity index (χ4n) is 2.95. The van der Waals surface area contributed by atoms with Gasteiger partial charge >= 0.3 is 6.03 Å². The van der Waals surface area contributed by atoms with Crippen LogP contribution in [0.1, 0.15) is 24.8 Å². The Morgan fingerprint density at radius 3 is 2.60 bits per heavy atom. The molecule has 3 rings (SSSR count). The summed E-state index contributed by atoms with van der Waals surface area (Å²) in [7, 11) is 1.71. The predicted octanol–water partition coefficient (Wildman–Crippen LogP) is 3.59. The van der Waals surface area contributed by atoms with Gasteiger partial charge in [0.05, 0.1) is 0 Å². The van der Waals surface area contributed by atoms with Gasteiger partial charge in [-0.2, -0.15) is 0 Å². The number of nitrogens with zero attached hydrogens (tertiary/aromatic N) is 1. The molecule has 2 atom stereocenters. The highest BCUT2D eigenvalue weighted by atomic mass is 16.2. The summed E-state index contributed by atoms with van der Waals surface area (Å²) in [4.78, 5) is 25.1. The highest BCUT2D eigenvalue weighted by Gasteiger charge is 2.37. The quantitative estimate of drug-likeness (QED) is 0.876. The second kappa shape index (κ2) is 7.38. The van der Waals surface area contributed by atoms with E-state index >= 15 is 0 Å². The van der Waals surface area contributed by atoms with E-state index in [-0.39, 0.29) is 11.9 Å². The Bertz CT molecular complexity index is 761. The standard InChI is InChI=1S/C20H23N3O2/c1-14(24)23(2)18-10-6-9-17(12-18)22-20(25)21-13-16-11-19(16)15-7-4-3-5-8-15/h3-10,12,16,19H,11,13H2,1-2H3,(H2,21,22,25)/t16-,19-/m0/s1. The van der Waals surface area contributed by atoms with Gasteiger partial charge in [0, 0.05) is 31.9 Å². The lowest BCUT2D eigenvalue weighted by Crippen LogP contribution is -2.30. The van der Waals surface area contributed by atoms with Crippen LogP contribution in [0.25, 0.3) is 0 Å². The summed E-state index contributed by atoms with van der Waals surface area (Å²) in [5.41, 5.74) is 2.75. The Morgan fingerprint density at radius 1 is 1.12 bits per heavy atom. The number of carbonyl (C=O) groups excluding carboxylic acids is 2. The van der Waals surface area contributed by atoms with Crippen molar-refractivity contribution in [3.8, 4) is 0 Å². The molecule has 0 spiro atoms. The van der Waals surface area contributed by atoms with Gasteiger partial charge < -0.3 is 15.5 Å². The van der Waals surface area contributed by atoms with Crippen molar-refractivity contribution in [2.24, 2.45) is 5.92 Å². The molecule has 0 aliphatic heterocycles. The number of anilines is 2. The molecule has 2 aromatic rings. The second-order valence-electron chi connectivity index (χ2n) is 6.48. The molecule has 25 heavy (non-hydrogen) atoms. The van der Waals surface area contributed by atoms with E-state index in [1.165, 1.54) is 17.4 Å². The first-order chi connectivity index (χ1) is 12.0. The van der Waals surface area contributed by atoms with Crippen molar-refractivity contribution in [2.45, 2.75) is 19.3 Å². The van der Waals surface area contributed by atoms with E-state index in [2.05, 4.69) is 34.9 Å². The maximum Gasteiger partial charge on any atom is 0.319 e. The summed E-state index contributed by atoms with van der Waals surface area (Å²) in [5.74, 6) is 1.000. The lowest BCUT2D eigenvalue weighted by molar-refractivity contribution is -0.116. The smallest absolute Gasteiger partial charge is 0.319 e. The van der Waals surface area contributed by atoms with Crippen molar-refractivity contribution in [2.75, 3.05) is 23.8 Å². The Balaban J connectivity index is 1.49. The molecule has 2 aromatic carbocycles. The number of carbonyl (C=O) groups is 2. The van der Waals surface area contributed by atoms with Crippen LogP contribution in [-0.2, 0) is 4.79 Å². The molecule has 5 nitrogen and oxygen atoms in total. The first-order valence-corrected chi connectivity index (χ1v) is 8.49. The summed E-state index contributed by atoms with van der Waals surface area (Å²) in [6.07, 6.45) is 1.11. The Morgan fingerprint density at radius 2 is 1.88 bits per heavy atom. The molecule has 1 aliphatic carbocycles. The number of nitrogens with one attached hydrogen (secondary N) is 2. The van der Waals surface area contributed by atoms with Crippen molar-refractivity contribution >= 4 is 23.3 Å². The van der Waals surface area contributed by atoms with Gasteiger partial charge in [-0.1, -0.05) is 36.4 Å². The number of hydrogen-bond donors (Lipinski definition) is 2. The summed E-state index contributed by atoms with van der Waals surface area (Å²) in [6, 6.07) is 17.4. The minimum atomic E-state index is -0.221. The number of urea groups is 1. The highest BCUT2D eigenvalue weighted by Crippen LogP contribution is 2.46. The summed E-state index contributed by atoms with van der Waals surface area (Å²) < 4.78 is 0. The second-order valence-corrected chi connectivity index (χ2v) is 6.48. The van der Waals surface area contributed by atoms with Crippen LogP contribution in [0, 0.1) is 5.92 Å². The van der Waals surface area contributed by atoms with E-state index in [1.807, 2.05) is 18.2 Å². The van der Waals surface area contributed by atoms with E-state index in [4.69, 9.17) is 0 Å². The molecule has 0 unspecified atom stereocenters. The van der Waals surface area contributed by atoms with Crippen LogP contribution >= 0.6 is 0 Å². The van der Waals surface area contributed by atoms with E-state index in [9.17, 15) is 9.59 Å². The predicted molar refractivity (Wildman–Crippen MR) is 99.8 cm³/mol.